The average molecular weight is 309 g/mol. The number of ether oxygens (including phenoxy) is 1. The smallest absolute Gasteiger partial charge is 0.173 e. The van der Waals surface area contributed by atoms with E-state index in [1.165, 1.54) is 0 Å². The summed E-state index contributed by atoms with van der Waals surface area (Å²) in [6.45, 7) is 3.92. The summed E-state index contributed by atoms with van der Waals surface area (Å²) in [7, 11) is 1.63. The third-order valence-electron chi connectivity index (χ3n) is 4.02. The summed E-state index contributed by atoms with van der Waals surface area (Å²) in [6, 6.07) is 13.6. The third kappa shape index (κ3) is 2.73. The van der Waals surface area contributed by atoms with E-state index in [1.807, 2.05) is 56.3 Å². The van der Waals surface area contributed by atoms with E-state index >= 15 is 0 Å². The Bertz CT molecular complexity index is 799. The second-order valence-electron chi connectivity index (χ2n) is 5.49. The van der Waals surface area contributed by atoms with Crippen LogP contribution in [-0.2, 0) is 6.61 Å². The molecule has 23 heavy (non-hydrogen) atoms. The van der Waals surface area contributed by atoms with Crippen molar-refractivity contribution in [3.63, 3.8) is 0 Å². The number of aliphatic hydroxyl groups is 1. The number of aliphatic hydroxyl groups excluding tert-OH is 1. The SMILES string of the molecule is COc1ccc(-c2noc(-c3c(C)cccc3C)c2CO)cc1. The molecule has 3 rings (SSSR count). The van der Waals surface area contributed by atoms with E-state index in [1.54, 1.807) is 7.11 Å². The topological polar surface area (TPSA) is 55.5 Å². The van der Waals surface area contributed by atoms with Crippen molar-refractivity contribution in [1.29, 1.82) is 0 Å². The highest BCUT2D eigenvalue weighted by Gasteiger charge is 2.20. The number of rotatable bonds is 4. The zero-order valence-electron chi connectivity index (χ0n) is 13.5. The second-order valence-corrected chi connectivity index (χ2v) is 5.49. The summed E-state index contributed by atoms with van der Waals surface area (Å²) in [5.41, 5.74) is 5.43. The van der Waals surface area contributed by atoms with Crippen LogP contribution in [0.3, 0.4) is 0 Å². The summed E-state index contributed by atoms with van der Waals surface area (Å²) in [5.74, 6) is 1.41. The van der Waals surface area contributed by atoms with Gasteiger partial charge in [-0.25, -0.2) is 0 Å². The van der Waals surface area contributed by atoms with Gasteiger partial charge < -0.3 is 14.4 Å². The summed E-state index contributed by atoms with van der Waals surface area (Å²) < 4.78 is 10.8. The summed E-state index contributed by atoms with van der Waals surface area (Å²) in [5, 5.41) is 14.1. The van der Waals surface area contributed by atoms with Gasteiger partial charge in [-0.15, -0.1) is 0 Å². The van der Waals surface area contributed by atoms with Gasteiger partial charge in [0.25, 0.3) is 0 Å². The van der Waals surface area contributed by atoms with E-state index in [0.29, 0.717) is 17.0 Å². The Morgan fingerprint density at radius 2 is 1.70 bits per heavy atom. The minimum absolute atomic E-state index is 0.131. The predicted octanol–water partition coefficient (Wildman–Crippen LogP) is 4.13. The molecular formula is C19H19NO3. The summed E-state index contributed by atoms with van der Waals surface area (Å²) in [6.07, 6.45) is 0. The number of hydrogen-bond donors (Lipinski definition) is 1. The van der Waals surface area contributed by atoms with Crippen molar-refractivity contribution in [2.45, 2.75) is 20.5 Å². The van der Waals surface area contributed by atoms with Crippen LogP contribution in [0.2, 0.25) is 0 Å². The van der Waals surface area contributed by atoms with E-state index < -0.39 is 0 Å². The highest BCUT2D eigenvalue weighted by atomic mass is 16.5. The maximum absolute atomic E-state index is 9.87. The Morgan fingerprint density at radius 1 is 1.04 bits per heavy atom. The number of aromatic nitrogens is 1. The fourth-order valence-electron chi connectivity index (χ4n) is 2.80. The molecule has 0 radical (unpaired) electrons. The second kappa shape index (κ2) is 6.26. The molecule has 0 atom stereocenters. The highest BCUT2D eigenvalue weighted by Crippen LogP contribution is 2.36. The molecule has 0 aliphatic heterocycles. The van der Waals surface area contributed by atoms with Gasteiger partial charge in [0.2, 0.25) is 0 Å². The molecule has 0 spiro atoms. The van der Waals surface area contributed by atoms with Crippen LogP contribution in [0.4, 0.5) is 0 Å². The molecule has 0 fully saturated rings. The Kier molecular flexibility index (Phi) is 4.17. The Labute approximate surface area is 135 Å². The first-order chi connectivity index (χ1) is 11.2. The molecule has 0 unspecified atom stereocenters. The molecule has 0 amide bonds. The van der Waals surface area contributed by atoms with E-state index in [0.717, 1.165) is 28.0 Å². The minimum atomic E-state index is -0.131. The Hall–Kier alpha value is -2.59. The molecule has 0 saturated carbocycles. The van der Waals surface area contributed by atoms with Crippen molar-refractivity contribution >= 4 is 0 Å². The number of nitrogens with zero attached hydrogens (tertiary/aromatic N) is 1. The molecule has 0 aliphatic rings. The molecule has 0 saturated heterocycles. The normalized spacial score (nSPS) is 10.8. The van der Waals surface area contributed by atoms with Crippen molar-refractivity contribution in [3.05, 3.63) is 59.2 Å². The van der Waals surface area contributed by atoms with Crippen molar-refractivity contribution in [3.8, 4) is 28.3 Å². The lowest BCUT2D eigenvalue weighted by Gasteiger charge is -2.08. The van der Waals surface area contributed by atoms with Gasteiger partial charge in [0.05, 0.1) is 19.3 Å². The van der Waals surface area contributed by atoms with Crippen LogP contribution in [0.25, 0.3) is 22.6 Å². The van der Waals surface area contributed by atoms with Gasteiger partial charge in [0.15, 0.2) is 5.76 Å². The van der Waals surface area contributed by atoms with Crippen LogP contribution in [0.15, 0.2) is 47.0 Å². The van der Waals surface area contributed by atoms with Gasteiger partial charge in [-0.1, -0.05) is 23.4 Å². The molecule has 1 heterocycles. The molecular weight excluding hydrogens is 290 g/mol. The van der Waals surface area contributed by atoms with Crippen molar-refractivity contribution in [2.24, 2.45) is 0 Å². The first-order valence-electron chi connectivity index (χ1n) is 7.46. The standard InChI is InChI=1S/C19H19NO3/c1-12-5-4-6-13(2)17(12)19-16(11-21)18(20-23-19)14-7-9-15(22-3)10-8-14/h4-10,21H,11H2,1-3H3. The predicted molar refractivity (Wildman–Crippen MR) is 89.3 cm³/mol. The van der Waals surface area contributed by atoms with Crippen molar-refractivity contribution in [1.82, 2.24) is 5.16 Å². The molecule has 4 heteroatoms. The largest absolute Gasteiger partial charge is 0.497 e. The zero-order chi connectivity index (χ0) is 16.4. The molecule has 1 aromatic heterocycles. The average Bonchev–Trinajstić information content (AvgIpc) is 2.98. The molecule has 0 aliphatic carbocycles. The third-order valence-corrected chi connectivity index (χ3v) is 4.02. The fraction of sp³-hybridized carbons (Fsp3) is 0.211. The minimum Gasteiger partial charge on any atom is -0.497 e. The lowest BCUT2D eigenvalue weighted by molar-refractivity contribution is 0.281. The van der Waals surface area contributed by atoms with E-state index in [4.69, 9.17) is 9.26 Å². The van der Waals surface area contributed by atoms with E-state index in [9.17, 15) is 5.11 Å². The van der Waals surface area contributed by atoms with Gasteiger partial charge in [-0.2, -0.15) is 0 Å². The summed E-state index contributed by atoms with van der Waals surface area (Å²) >= 11 is 0. The highest BCUT2D eigenvalue weighted by molar-refractivity contribution is 5.76. The van der Waals surface area contributed by atoms with Gasteiger partial charge in [-0.3, -0.25) is 0 Å². The number of hydrogen-bond acceptors (Lipinski definition) is 4. The van der Waals surface area contributed by atoms with Crippen LogP contribution < -0.4 is 4.74 Å². The van der Waals surface area contributed by atoms with Crippen LogP contribution in [0, 0.1) is 13.8 Å². The van der Waals surface area contributed by atoms with Crippen LogP contribution in [0.1, 0.15) is 16.7 Å². The lowest BCUT2D eigenvalue weighted by atomic mass is 9.96. The van der Waals surface area contributed by atoms with Gasteiger partial charge in [-0.05, 0) is 49.2 Å². The van der Waals surface area contributed by atoms with Crippen LogP contribution >= 0.6 is 0 Å². The Morgan fingerprint density at radius 3 is 2.26 bits per heavy atom. The first kappa shape index (κ1) is 15.3. The van der Waals surface area contributed by atoms with E-state index in [2.05, 4.69) is 5.16 Å². The monoisotopic (exact) mass is 309 g/mol. The van der Waals surface area contributed by atoms with Crippen LogP contribution in [-0.4, -0.2) is 17.4 Å². The van der Waals surface area contributed by atoms with Gasteiger partial charge in [0, 0.05) is 11.1 Å². The molecule has 118 valence electrons. The molecule has 1 N–H and O–H groups in total. The first-order valence-corrected chi connectivity index (χ1v) is 7.46. The van der Waals surface area contributed by atoms with Crippen molar-refractivity contribution in [2.75, 3.05) is 7.11 Å². The molecule has 0 bridgehead atoms. The molecule has 2 aromatic carbocycles. The maximum atomic E-state index is 9.87. The molecule has 3 aromatic rings. The molecule has 4 nitrogen and oxygen atoms in total. The van der Waals surface area contributed by atoms with E-state index in [-0.39, 0.29) is 6.61 Å². The summed E-state index contributed by atoms with van der Waals surface area (Å²) in [4.78, 5) is 0. The lowest BCUT2D eigenvalue weighted by Crippen LogP contribution is -1.93. The zero-order valence-corrected chi connectivity index (χ0v) is 13.5. The fourth-order valence-corrected chi connectivity index (χ4v) is 2.80. The maximum Gasteiger partial charge on any atom is 0.173 e. The van der Waals surface area contributed by atoms with Gasteiger partial charge >= 0.3 is 0 Å². The van der Waals surface area contributed by atoms with Crippen molar-refractivity contribution < 1.29 is 14.4 Å². The number of benzene rings is 2. The number of aryl methyl sites for hydroxylation is 2. The number of methoxy groups -OCH3 is 1. The van der Waals surface area contributed by atoms with Gasteiger partial charge in [0.1, 0.15) is 11.4 Å². The van der Waals surface area contributed by atoms with Crippen LogP contribution in [0.5, 0.6) is 5.75 Å². The quantitative estimate of drug-likeness (QED) is 0.787. The Balaban J connectivity index is 2.13.